The molecule has 0 radical (unpaired) electrons. The van der Waals surface area contributed by atoms with Crippen molar-refractivity contribution in [3.05, 3.63) is 64.7 Å². The lowest BCUT2D eigenvalue weighted by Gasteiger charge is -2.27. The fourth-order valence-corrected chi connectivity index (χ4v) is 3.64. The zero-order valence-electron chi connectivity index (χ0n) is 15.5. The number of carbonyl (C=O) groups excluding carboxylic acids is 2. The molecule has 0 atom stereocenters. The Bertz CT molecular complexity index is 799. The van der Waals surface area contributed by atoms with Crippen LogP contribution in [0.15, 0.2) is 48.5 Å². The molecule has 0 saturated heterocycles. The molecule has 2 aromatic rings. The van der Waals surface area contributed by atoms with Gasteiger partial charge >= 0.3 is 0 Å². The van der Waals surface area contributed by atoms with Gasteiger partial charge < -0.3 is 10.6 Å². The molecule has 2 N–H and O–H groups in total. The van der Waals surface area contributed by atoms with E-state index in [0.29, 0.717) is 11.6 Å². The average molecular weight is 385 g/mol. The molecule has 1 aliphatic carbocycles. The molecular weight excluding hydrogens is 360 g/mol. The molecule has 1 aliphatic rings. The van der Waals surface area contributed by atoms with Crippen molar-refractivity contribution in [3.63, 3.8) is 0 Å². The van der Waals surface area contributed by atoms with Crippen molar-refractivity contribution in [1.29, 1.82) is 0 Å². The predicted molar refractivity (Wildman–Crippen MR) is 109 cm³/mol. The van der Waals surface area contributed by atoms with Crippen LogP contribution in [0.25, 0.3) is 0 Å². The van der Waals surface area contributed by atoms with Crippen LogP contribution in [0.3, 0.4) is 0 Å². The Morgan fingerprint density at radius 1 is 0.963 bits per heavy atom. The molecule has 0 spiro atoms. The molecular formula is C22H25ClN2O2. The summed E-state index contributed by atoms with van der Waals surface area (Å²) < 4.78 is 0. The summed E-state index contributed by atoms with van der Waals surface area (Å²) in [5.41, 5.74) is 2.80. The SMILES string of the molecule is Cc1ccc(NC(=O)C2CCC(C(=O)NCc3ccccc3)CC2)cc1Cl. The van der Waals surface area contributed by atoms with Gasteiger partial charge in [-0.3, -0.25) is 9.59 Å². The molecule has 1 saturated carbocycles. The van der Waals surface area contributed by atoms with Gasteiger partial charge in [0.05, 0.1) is 0 Å². The van der Waals surface area contributed by atoms with Crippen LogP contribution in [0.2, 0.25) is 5.02 Å². The van der Waals surface area contributed by atoms with Crippen LogP contribution in [0, 0.1) is 18.8 Å². The number of nitrogens with one attached hydrogen (secondary N) is 2. The van der Waals surface area contributed by atoms with Gasteiger partial charge in [-0.15, -0.1) is 0 Å². The van der Waals surface area contributed by atoms with Gasteiger partial charge in [0.25, 0.3) is 0 Å². The van der Waals surface area contributed by atoms with E-state index in [2.05, 4.69) is 10.6 Å². The van der Waals surface area contributed by atoms with Crippen LogP contribution in [-0.4, -0.2) is 11.8 Å². The van der Waals surface area contributed by atoms with E-state index in [-0.39, 0.29) is 23.7 Å². The van der Waals surface area contributed by atoms with Gasteiger partial charge in [-0.25, -0.2) is 0 Å². The summed E-state index contributed by atoms with van der Waals surface area (Å²) >= 11 is 6.12. The van der Waals surface area contributed by atoms with Crippen molar-refractivity contribution in [2.75, 3.05) is 5.32 Å². The van der Waals surface area contributed by atoms with Crippen LogP contribution in [-0.2, 0) is 16.1 Å². The Hall–Kier alpha value is -2.33. The topological polar surface area (TPSA) is 58.2 Å². The molecule has 2 aromatic carbocycles. The highest BCUT2D eigenvalue weighted by Crippen LogP contribution is 2.30. The van der Waals surface area contributed by atoms with E-state index in [1.54, 1.807) is 6.07 Å². The van der Waals surface area contributed by atoms with Crippen LogP contribution >= 0.6 is 11.6 Å². The lowest BCUT2D eigenvalue weighted by atomic mass is 9.81. The smallest absolute Gasteiger partial charge is 0.227 e. The summed E-state index contributed by atoms with van der Waals surface area (Å²) in [5, 5.41) is 6.60. The Morgan fingerprint density at radius 2 is 1.59 bits per heavy atom. The third-order valence-electron chi connectivity index (χ3n) is 5.22. The van der Waals surface area contributed by atoms with Gasteiger partial charge in [0.15, 0.2) is 0 Å². The minimum atomic E-state index is -0.0525. The molecule has 2 amide bonds. The van der Waals surface area contributed by atoms with Crippen molar-refractivity contribution >= 4 is 29.1 Å². The van der Waals surface area contributed by atoms with Crippen LogP contribution in [0.4, 0.5) is 5.69 Å². The van der Waals surface area contributed by atoms with Crippen molar-refractivity contribution < 1.29 is 9.59 Å². The number of halogens is 1. The number of rotatable bonds is 5. The second-order valence-corrected chi connectivity index (χ2v) is 7.61. The first kappa shape index (κ1) is 19.4. The van der Waals surface area contributed by atoms with E-state index in [4.69, 9.17) is 11.6 Å². The first-order chi connectivity index (χ1) is 13.0. The molecule has 0 unspecified atom stereocenters. The van der Waals surface area contributed by atoms with E-state index < -0.39 is 0 Å². The number of carbonyl (C=O) groups is 2. The first-order valence-corrected chi connectivity index (χ1v) is 9.79. The zero-order valence-corrected chi connectivity index (χ0v) is 16.3. The molecule has 0 bridgehead atoms. The third-order valence-corrected chi connectivity index (χ3v) is 5.62. The fourth-order valence-electron chi connectivity index (χ4n) is 3.46. The number of aryl methyl sites for hydroxylation is 1. The number of hydrogen-bond donors (Lipinski definition) is 2. The first-order valence-electron chi connectivity index (χ1n) is 9.41. The van der Waals surface area contributed by atoms with E-state index in [9.17, 15) is 9.59 Å². The van der Waals surface area contributed by atoms with Gasteiger partial charge in [0, 0.05) is 29.1 Å². The molecule has 1 fully saturated rings. The summed E-state index contributed by atoms with van der Waals surface area (Å²) in [5.74, 6) is 0.0379. The van der Waals surface area contributed by atoms with E-state index in [0.717, 1.165) is 42.5 Å². The standard InChI is InChI=1S/C22H25ClN2O2/c1-15-7-12-19(13-20(15)23)25-22(27)18-10-8-17(9-11-18)21(26)24-14-16-5-3-2-4-6-16/h2-7,12-13,17-18H,8-11,14H2,1H3,(H,24,26)(H,25,27). The molecule has 4 nitrogen and oxygen atoms in total. The Labute approximate surface area is 165 Å². The molecule has 0 heterocycles. The maximum Gasteiger partial charge on any atom is 0.227 e. The van der Waals surface area contributed by atoms with Gasteiger partial charge in [-0.1, -0.05) is 48.0 Å². The second kappa shape index (κ2) is 9.05. The minimum absolute atomic E-state index is 0.00779. The van der Waals surface area contributed by atoms with E-state index in [1.807, 2.05) is 49.4 Å². The van der Waals surface area contributed by atoms with Crippen molar-refractivity contribution in [2.24, 2.45) is 11.8 Å². The zero-order chi connectivity index (χ0) is 19.2. The predicted octanol–water partition coefficient (Wildman–Crippen LogP) is 4.71. The normalized spacial score (nSPS) is 19.3. The highest BCUT2D eigenvalue weighted by molar-refractivity contribution is 6.31. The summed E-state index contributed by atoms with van der Waals surface area (Å²) in [7, 11) is 0. The number of benzene rings is 2. The Morgan fingerprint density at radius 3 is 2.22 bits per heavy atom. The lowest BCUT2D eigenvalue weighted by Crippen LogP contribution is -2.35. The Balaban J connectivity index is 1.45. The summed E-state index contributed by atoms with van der Waals surface area (Å²) in [4.78, 5) is 24.9. The monoisotopic (exact) mass is 384 g/mol. The average Bonchev–Trinajstić information content (AvgIpc) is 2.70. The summed E-state index contributed by atoms with van der Waals surface area (Å²) in [6.07, 6.45) is 2.95. The van der Waals surface area contributed by atoms with Gasteiger partial charge in [0.1, 0.15) is 0 Å². The Kier molecular flexibility index (Phi) is 6.51. The van der Waals surface area contributed by atoms with Gasteiger partial charge in [-0.05, 0) is 55.9 Å². The maximum atomic E-state index is 12.5. The van der Waals surface area contributed by atoms with Crippen LogP contribution in [0.5, 0.6) is 0 Å². The van der Waals surface area contributed by atoms with Crippen molar-refractivity contribution in [2.45, 2.75) is 39.2 Å². The molecule has 3 rings (SSSR count). The van der Waals surface area contributed by atoms with Crippen molar-refractivity contribution in [3.8, 4) is 0 Å². The largest absolute Gasteiger partial charge is 0.352 e. The van der Waals surface area contributed by atoms with E-state index >= 15 is 0 Å². The minimum Gasteiger partial charge on any atom is -0.352 e. The molecule has 27 heavy (non-hydrogen) atoms. The highest BCUT2D eigenvalue weighted by atomic mass is 35.5. The summed E-state index contributed by atoms with van der Waals surface area (Å²) in [6, 6.07) is 15.4. The van der Waals surface area contributed by atoms with Gasteiger partial charge in [0.2, 0.25) is 11.8 Å². The molecule has 142 valence electrons. The quantitative estimate of drug-likeness (QED) is 0.784. The maximum absolute atomic E-state index is 12.5. The number of anilines is 1. The van der Waals surface area contributed by atoms with E-state index in [1.165, 1.54) is 0 Å². The fraction of sp³-hybridized carbons (Fsp3) is 0.364. The second-order valence-electron chi connectivity index (χ2n) is 7.21. The molecule has 0 aromatic heterocycles. The van der Waals surface area contributed by atoms with Crippen LogP contribution < -0.4 is 10.6 Å². The lowest BCUT2D eigenvalue weighted by molar-refractivity contribution is -0.128. The number of amides is 2. The molecule has 5 heteroatoms. The summed E-state index contributed by atoms with van der Waals surface area (Å²) in [6.45, 7) is 2.48. The number of hydrogen-bond acceptors (Lipinski definition) is 2. The van der Waals surface area contributed by atoms with Crippen molar-refractivity contribution in [1.82, 2.24) is 5.32 Å². The third kappa shape index (κ3) is 5.33. The molecule has 0 aliphatic heterocycles. The highest BCUT2D eigenvalue weighted by Gasteiger charge is 2.29. The van der Waals surface area contributed by atoms with Crippen LogP contribution in [0.1, 0.15) is 36.8 Å². The van der Waals surface area contributed by atoms with Gasteiger partial charge in [-0.2, -0.15) is 0 Å².